The van der Waals surface area contributed by atoms with E-state index in [1.807, 2.05) is 24.3 Å². The van der Waals surface area contributed by atoms with Gasteiger partial charge in [0.2, 0.25) is 0 Å². The van der Waals surface area contributed by atoms with E-state index < -0.39 is 0 Å². The smallest absolute Gasteiger partial charge is 0.330 e. The molecule has 1 aromatic rings. The molecule has 0 aliphatic carbocycles. The zero-order chi connectivity index (χ0) is 11.1. The Balaban J connectivity index is 2.50. The number of carbonyl (C=O) groups is 1. The van der Waals surface area contributed by atoms with E-state index in [0.717, 1.165) is 11.3 Å². The second-order valence-electron chi connectivity index (χ2n) is 3.06. The third-order valence-electron chi connectivity index (χ3n) is 1.93. The van der Waals surface area contributed by atoms with Crippen LogP contribution in [0.2, 0.25) is 0 Å². The number of nitrogens with two attached hydrogens (primary N) is 1. The van der Waals surface area contributed by atoms with Crippen molar-refractivity contribution in [3.05, 3.63) is 42.0 Å². The summed E-state index contributed by atoms with van der Waals surface area (Å²) in [6.07, 6.45) is 3.82. The van der Waals surface area contributed by atoms with Gasteiger partial charge in [0.25, 0.3) is 0 Å². The molecule has 0 heterocycles. The number of rotatable bonds is 4. The average molecular weight is 205 g/mol. The molecule has 0 amide bonds. The molecule has 0 spiro atoms. The van der Waals surface area contributed by atoms with Crippen molar-refractivity contribution in [1.82, 2.24) is 0 Å². The van der Waals surface area contributed by atoms with E-state index in [0.29, 0.717) is 13.0 Å². The van der Waals surface area contributed by atoms with Crippen molar-refractivity contribution in [1.29, 1.82) is 0 Å². The van der Waals surface area contributed by atoms with Crippen molar-refractivity contribution in [2.75, 3.05) is 12.3 Å². The Hall–Kier alpha value is -1.77. The summed E-state index contributed by atoms with van der Waals surface area (Å²) < 4.78 is 4.75. The van der Waals surface area contributed by atoms with Crippen molar-refractivity contribution >= 4 is 11.7 Å². The maximum atomic E-state index is 11.0. The lowest BCUT2D eigenvalue weighted by Gasteiger charge is -2.00. The van der Waals surface area contributed by atoms with Crippen LogP contribution >= 0.6 is 0 Å². The normalized spacial score (nSPS) is 10.5. The fourth-order valence-electron chi connectivity index (χ4n) is 1.19. The number of ether oxygens (including phenoxy) is 1. The third kappa shape index (κ3) is 3.85. The molecule has 15 heavy (non-hydrogen) atoms. The Bertz CT molecular complexity index is 358. The van der Waals surface area contributed by atoms with Crippen LogP contribution in [0.3, 0.4) is 0 Å². The molecule has 0 saturated carbocycles. The lowest BCUT2D eigenvalue weighted by atomic mass is 10.1. The third-order valence-corrected chi connectivity index (χ3v) is 1.93. The highest BCUT2D eigenvalue weighted by Gasteiger charge is 1.96. The Morgan fingerprint density at radius 1 is 1.47 bits per heavy atom. The summed E-state index contributed by atoms with van der Waals surface area (Å²) in [6.45, 7) is 2.18. The number of anilines is 1. The van der Waals surface area contributed by atoms with E-state index in [9.17, 15) is 4.79 Å². The van der Waals surface area contributed by atoms with Crippen LogP contribution in [-0.2, 0) is 16.0 Å². The summed E-state index contributed by atoms with van der Waals surface area (Å²) in [5.41, 5.74) is 7.50. The topological polar surface area (TPSA) is 52.3 Å². The van der Waals surface area contributed by atoms with E-state index in [1.54, 1.807) is 13.0 Å². The van der Waals surface area contributed by atoms with Crippen molar-refractivity contribution in [3.63, 3.8) is 0 Å². The lowest BCUT2D eigenvalue weighted by molar-refractivity contribution is -0.137. The number of esters is 1. The number of para-hydroxylation sites is 1. The number of carbonyl (C=O) groups excluding carboxylic acids is 1. The summed E-state index contributed by atoms with van der Waals surface area (Å²) in [7, 11) is 0. The molecule has 3 nitrogen and oxygen atoms in total. The second kappa shape index (κ2) is 5.86. The van der Waals surface area contributed by atoms with Crippen LogP contribution in [0.1, 0.15) is 12.5 Å². The molecular formula is C12H15NO2. The SMILES string of the molecule is CCOC(=O)/C=C/Cc1ccccc1N. The molecule has 3 heteroatoms. The molecule has 1 aromatic carbocycles. The van der Waals surface area contributed by atoms with Gasteiger partial charge in [-0.2, -0.15) is 0 Å². The number of allylic oxidation sites excluding steroid dienone is 1. The summed E-state index contributed by atoms with van der Waals surface area (Å²) in [6, 6.07) is 7.58. The molecule has 0 bridgehead atoms. The first-order chi connectivity index (χ1) is 7.24. The van der Waals surface area contributed by atoms with Gasteiger partial charge >= 0.3 is 5.97 Å². The quantitative estimate of drug-likeness (QED) is 0.464. The van der Waals surface area contributed by atoms with Crippen molar-refractivity contribution < 1.29 is 9.53 Å². The molecule has 2 N–H and O–H groups in total. The number of nitrogen functional groups attached to an aromatic ring is 1. The van der Waals surface area contributed by atoms with Gasteiger partial charge in [0, 0.05) is 11.8 Å². The zero-order valence-electron chi connectivity index (χ0n) is 8.77. The van der Waals surface area contributed by atoms with Gasteiger partial charge in [-0.05, 0) is 25.0 Å². The molecule has 0 saturated heterocycles. The molecule has 0 aromatic heterocycles. The predicted octanol–water partition coefficient (Wildman–Crippen LogP) is 1.93. The van der Waals surface area contributed by atoms with Gasteiger partial charge < -0.3 is 10.5 Å². The second-order valence-corrected chi connectivity index (χ2v) is 3.06. The predicted molar refractivity (Wildman–Crippen MR) is 60.3 cm³/mol. The van der Waals surface area contributed by atoms with Crippen LogP contribution in [0.15, 0.2) is 36.4 Å². The number of hydrogen-bond acceptors (Lipinski definition) is 3. The highest BCUT2D eigenvalue weighted by molar-refractivity contribution is 5.81. The van der Waals surface area contributed by atoms with Gasteiger partial charge in [-0.15, -0.1) is 0 Å². The minimum atomic E-state index is -0.313. The minimum absolute atomic E-state index is 0.313. The van der Waals surface area contributed by atoms with Crippen LogP contribution < -0.4 is 5.73 Å². The summed E-state index contributed by atoms with van der Waals surface area (Å²) in [5, 5.41) is 0. The van der Waals surface area contributed by atoms with Gasteiger partial charge in [-0.3, -0.25) is 0 Å². The summed E-state index contributed by atoms with van der Waals surface area (Å²) >= 11 is 0. The Morgan fingerprint density at radius 2 is 2.20 bits per heavy atom. The van der Waals surface area contributed by atoms with E-state index in [-0.39, 0.29) is 5.97 Å². The molecule has 0 aliphatic heterocycles. The first-order valence-corrected chi connectivity index (χ1v) is 4.90. The summed E-state index contributed by atoms with van der Waals surface area (Å²) in [4.78, 5) is 11.0. The Labute approximate surface area is 89.5 Å². The first-order valence-electron chi connectivity index (χ1n) is 4.90. The van der Waals surface area contributed by atoms with Gasteiger partial charge in [-0.1, -0.05) is 24.3 Å². The van der Waals surface area contributed by atoms with Gasteiger partial charge in [0.05, 0.1) is 6.61 Å². The Kier molecular flexibility index (Phi) is 4.41. The number of hydrogen-bond donors (Lipinski definition) is 1. The van der Waals surface area contributed by atoms with Gasteiger partial charge in [0.15, 0.2) is 0 Å². The average Bonchev–Trinajstić information content (AvgIpc) is 2.21. The molecule has 0 unspecified atom stereocenters. The zero-order valence-corrected chi connectivity index (χ0v) is 8.77. The molecule has 80 valence electrons. The van der Waals surface area contributed by atoms with Crippen molar-refractivity contribution in [3.8, 4) is 0 Å². The van der Waals surface area contributed by atoms with Gasteiger partial charge in [0.1, 0.15) is 0 Å². The Morgan fingerprint density at radius 3 is 2.87 bits per heavy atom. The standard InChI is InChI=1S/C12H15NO2/c1-2-15-12(14)9-5-7-10-6-3-4-8-11(10)13/h3-6,8-9H,2,7,13H2,1H3/b9-5+. The maximum Gasteiger partial charge on any atom is 0.330 e. The molecule has 0 fully saturated rings. The minimum Gasteiger partial charge on any atom is -0.463 e. The van der Waals surface area contributed by atoms with Crippen LogP contribution in [0, 0.1) is 0 Å². The van der Waals surface area contributed by atoms with E-state index in [1.165, 1.54) is 6.08 Å². The molecule has 0 aliphatic rings. The largest absolute Gasteiger partial charge is 0.463 e. The first kappa shape index (κ1) is 11.3. The van der Waals surface area contributed by atoms with Crippen LogP contribution in [0.25, 0.3) is 0 Å². The van der Waals surface area contributed by atoms with Crippen LogP contribution in [0.4, 0.5) is 5.69 Å². The molecule has 0 atom stereocenters. The molecule has 1 rings (SSSR count). The highest BCUT2D eigenvalue weighted by Crippen LogP contribution is 2.11. The number of benzene rings is 1. The monoisotopic (exact) mass is 205 g/mol. The summed E-state index contributed by atoms with van der Waals surface area (Å²) in [5.74, 6) is -0.313. The van der Waals surface area contributed by atoms with Crippen molar-refractivity contribution in [2.24, 2.45) is 0 Å². The van der Waals surface area contributed by atoms with Crippen molar-refractivity contribution in [2.45, 2.75) is 13.3 Å². The fraction of sp³-hybridized carbons (Fsp3) is 0.250. The van der Waals surface area contributed by atoms with E-state index in [4.69, 9.17) is 10.5 Å². The van der Waals surface area contributed by atoms with E-state index in [2.05, 4.69) is 0 Å². The fourth-order valence-corrected chi connectivity index (χ4v) is 1.19. The van der Waals surface area contributed by atoms with Crippen LogP contribution in [0.5, 0.6) is 0 Å². The van der Waals surface area contributed by atoms with Gasteiger partial charge in [-0.25, -0.2) is 4.79 Å². The highest BCUT2D eigenvalue weighted by atomic mass is 16.5. The molecular weight excluding hydrogens is 190 g/mol. The lowest BCUT2D eigenvalue weighted by Crippen LogP contribution is -1.99. The molecule has 0 radical (unpaired) electrons. The van der Waals surface area contributed by atoms with Crippen LogP contribution in [-0.4, -0.2) is 12.6 Å². The van der Waals surface area contributed by atoms with E-state index >= 15 is 0 Å². The maximum absolute atomic E-state index is 11.0.